The number of hydrogen-bond acceptors (Lipinski definition) is 3. The van der Waals surface area contributed by atoms with Crippen molar-refractivity contribution >= 4 is 11.9 Å². The summed E-state index contributed by atoms with van der Waals surface area (Å²) in [6.45, 7) is -0.0737. The molecule has 3 aromatic carbocycles. The Morgan fingerprint density at radius 1 is 0.816 bits per heavy atom. The van der Waals surface area contributed by atoms with E-state index in [1.54, 1.807) is 12.1 Å². The first-order valence-corrected chi connectivity index (χ1v) is 11.4. The summed E-state index contributed by atoms with van der Waals surface area (Å²) >= 11 is 0. The molecule has 0 fully saturated rings. The summed E-state index contributed by atoms with van der Waals surface area (Å²) in [4.78, 5) is 22.7. The summed E-state index contributed by atoms with van der Waals surface area (Å²) in [6.07, 6.45) is -11.6. The van der Waals surface area contributed by atoms with E-state index < -0.39 is 48.7 Å². The number of hydrogen-bond donors (Lipinski definition) is 2. The van der Waals surface area contributed by atoms with Gasteiger partial charge in [0.15, 0.2) is 0 Å². The zero-order valence-corrected chi connectivity index (χ0v) is 19.8. The minimum Gasteiger partial charge on any atom is -0.486 e. The van der Waals surface area contributed by atoms with E-state index in [1.807, 2.05) is 0 Å². The van der Waals surface area contributed by atoms with Gasteiger partial charge in [0.2, 0.25) is 0 Å². The van der Waals surface area contributed by atoms with Gasteiger partial charge in [0, 0.05) is 18.5 Å². The van der Waals surface area contributed by atoms with E-state index in [4.69, 9.17) is 9.84 Å². The van der Waals surface area contributed by atoms with Crippen molar-refractivity contribution in [3.05, 3.63) is 89.5 Å². The molecule has 3 aromatic rings. The molecule has 2 N–H and O–H groups in total. The maximum atomic E-state index is 12.9. The van der Waals surface area contributed by atoms with E-state index in [0.29, 0.717) is 16.7 Å². The monoisotopic (exact) mass is 539 g/mol. The molecule has 0 aliphatic rings. The fourth-order valence-electron chi connectivity index (χ4n) is 3.56. The van der Waals surface area contributed by atoms with Crippen LogP contribution in [0.4, 0.5) is 26.3 Å². The topological polar surface area (TPSA) is 75.6 Å². The first kappa shape index (κ1) is 28.5. The van der Waals surface area contributed by atoms with Gasteiger partial charge in [-0.15, -0.1) is 0 Å². The largest absolute Gasteiger partial charge is 0.486 e. The second-order valence-corrected chi connectivity index (χ2v) is 8.38. The number of amides is 1. The molecule has 202 valence electrons. The van der Waals surface area contributed by atoms with Gasteiger partial charge in [0.05, 0.1) is 12.0 Å². The van der Waals surface area contributed by atoms with Crippen LogP contribution < -0.4 is 10.1 Å². The second kappa shape index (κ2) is 12.0. The molecule has 0 aliphatic carbocycles. The Bertz CT molecular complexity index is 1220. The molecule has 0 radical (unpaired) electrons. The Kier molecular flexibility index (Phi) is 9.03. The van der Waals surface area contributed by atoms with Crippen LogP contribution in [0.5, 0.6) is 5.75 Å². The van der Waals surface area contributed by atoms with Crippen molar-refractivity contribution in [2.45, 2.75) is 37.7 Å². The Balaban J connectivity index is 1.73. The molecule has 3 rings (SSSR count). The summed E-state index contributed by atoms with van der Waals surface area (Å²) in [7, 11) is 0. The zero-order chi connectivity index (χ0) is 27.9. The van der Waals surface area contributed by atoms with Gasteiger partial charge in [-0.25, -0.2) is 0 Å². The Morgan fingerprint density at radius 3 is 1.87 bits per heavy atom. The molecule has 11 heteroatoms. The number of alkyl halides is 6. The average molecular weight is 539 g/mol. The first-order chi connectivity index (χ1) is 17.8. The number of carboxylic acid groups (broad SMARTS) is 1. The number of rotatable bonds is 10. The van der Waals surface area contributed by atoms with Crippen molar-refractivity contribution in [3.8, 4) is 16.9 Å². The van der Waals surface area contributed by atoms with E-state index in [2.05, 4.69) is 5.32 Å². The Morgan fingerprint density at radius 2 is 1.37 bits per heavy atom. The van der Waals surface area contributed by atoms with Crippen molar-refractivity contribution in [2.75, 3.05) is 6.54 Å². The average Bonchev–Trinajstić information content (AvgIpc) is 2.86. The minimum absolute atomic E-state index is 0.0737. The third kappa shape index (κ3) is 8.53. The molecule has 0 aromatic heterocycles. The number of ether oxygens (including phenoxy) is 1. The smallest absolute Gasteiger partial charge is 0.416 e. The fourth-order valence-corrected chi connectivity index (χ4v) is 3.56. The highest BCUT2D eigenvalue weighted by molar-refractivity contribution is 5.94. The number of carbonyl (C=O) groups excluding carboxylic acids is 1. The third-order valence-corrected chi connectivity index (χ3v) is 5.54. The number of benzene rings is 3. The fraction of sp³-hybridized carbons (Fsp3) is 0.259. The molecule has 1 atom stereocenters. The van der Waals surface area contributed by atoms with Crippen molar-refractivity contribution < 1.29 is 45.8 Å². The van der Waals surface area contributed by atoms with Crippen LogP contribution in [0.1, 0.15) is 46.9 Å². The lowest BCUT2D eigenvalue weighted by Crippen LogP contribution is -2.26. The van der Waals surface area contributed by atoms with Gasteiger partial charge < -0.3 is 15.2 Å². The summed E-state index contributed by atoms with van der Waals surface area (Å²) < 4.78 is 83.0. The molecule has 0 heterocycles. The maximum absolute atomic E-state index is 12.9. The standard InChI is InChI=1S/C27H23F6NO4/c28-26(29,30)15-13-23(19-1-3-20(4-2-19)25(37)34-16-14-24(35)36)38-22-11-7-18(8-12-22)17-5-9-21(10-6-17)27(31,32)33/h1-12,23H,13-16H2,(H,34,37)(H,35,36). The van der Waals surface area contributed by atoms with E-state index in [9.17, 15) is 35.9 Å². The molecule has 1 amide bonds. The molecule has 0 saturated heterocycles. The molecule has 0 bridgehead atoms. The molecule has 1 unspecified atom stereocenters. The summed E-state index contributed by atoms with van der Waals surface area (Å²) in [5.74, 6) is -1.34. The normalized spacial score (nSPS) is 12.6. The predicted molar refractivity (Wildman–Crippen MR) is 127 cm³/mol. The molecule has 0 saturated carbocycles. The molecule has 5 nitrogen and oxygen atoms in total. The highest BCUT2D eigenvalue weighted by Gasteiger charge is 2.30. The van der Waals surface area contributed by atoms with Gasteiger partial charge in [-0.2, -0.15) is 26.3 Å². The Labute approximate surface area is 214 Å². The summed E-state index contributed by atoms with van der Waals surface area (Å²) in [6, 6.07) is 16.5. The van der Waals surface area contributed by atoms with Crippen molar-refractivity contribution in [3.63, 3.8) is 0 Å². The molecule has 0 aliphatic heterocycles. The number of carbonyl (C=O) groups is 2. The number of aliphatic carboxylic acids is 1. The van der Waals surface area contributed by atoms with Crippen LogP contribution in [0.15, 0.2) is 72.8 Å². The minimum atomic E-state index is -4.45. The van der Waals surface area contributed by atoms with E-state index >= 15 is 0 Å². The first-order valence-electron chi connectivity index (χ1n) is 11.4. The molecular formula is C27H23F6NO4. The van der Waals surface area contributed by atoms with Gasteiger partial charge in [-0.05, 0) is 59.5 Å². The van der Waals surface area contributed by atoms with Crippen LogP contribution in [0.25, 0.3) is 11.1 Å². The lowest BCUT2D eigenvalue weighted by atomic mass is 10.0. The number of carboxylic acids is 1. The maximum Gasteiger partial charge on any atom is 0.416 e. The SMILES string of the molecule is O=C(O)CCNC(=O)c1ccc(C(CCC(F)(F)F)Oc2ccc(-c3ccc(C(F)(F)F)cc3)cc2)cc1. The number of nitrogens with one attached hydrogen (secondary N) is 1. The molecular weight excluding hydrogens is 516 g/mol. The summed E-state index contributed by atoms with van der Waals surface area (Å²) in [5, 5.41) is 11.1. The van der Waals surface area contributed by atoms with E-state index in [-0.39, 0.29) is 24.3 Å². The lowest BCUT2D eigenvalue weighted by Gasteiger charge is -2.21. The third-order valence-electron chi connectivity index (χ3n) is 5.54. The van der Waals surface area contributed by atoms with Crippen LogP contribution in [0.2, 0.25) is 0 Å². The second-order valence-electron chi connectivity index (χ2n) is 8.38. The van der Waals surface area contributed by atoms with E-state index in [1.165, 1.54) is 48.5 Å². The van der Waals surface area contributed by atoms with E-state index in [0.717, 1.165) is 12.1 Å². The number of halogens is 6. The predicted octanol–water partition coefficient (Wildman–Crippen LogP) is 7.04. The molecule has 0 spiro atoms. The van der Waals surface area contributed by atoms with Gasteiger partial charge in [0.1, 0.15) is 11.9 Å². The van der Waals surface area contributed by atoms with Crippen LogP contribution in [0, 0.1) is 0 Å². The van der Waals surface area contributed by atoms with Crippen LogP contribution in [-0.2, 0) is 11.0 Å². The summed E-state index contributed by atoms with van der Waals surface area (Å²) in [5.41, 5.74) is 0.932. The Hall–Kier alpha value is -4.02. The molecule has 38 heavy (non-hydrogen) atoms. The van der Waals surface area contributed by atoms with Crippen molar-refractivity contribution in [1.29, 1.82) is 0 Å². The van der Waals surface area contributed by atoms with Gasteiger partial charge in [-0.3, -0.25) is 9.59 Å². The highest BCUT2D eigenvalue weighted by atomic mass is 19.4. The lowest BCUT2D eigenvalue weighted by molar-refractivity contribution is -0.139. The van der Waals surface area contributed by atoms with Crippen LogP contribution in [-0.4, -0.2) is 29.7 Å². The van der Waals surface area contributed by atoms with Crippen LogP contribution >= 0.6 is 0 Å². The quantitative estimate of drug-likeness (QED) is 0.271. The van der Waals surface area contributed by atoms with Gasteiger partial charge in [0.25, 0.3) is 5.91 Å². The van der Waals surface area contributed by atoms with Crippen molar-refractivity contribution in [1.82, 2.24) is 5.32 Å². The van der Waals surface area contributed by atoms with Crippen molar-refractivity contribution in [2.24, 2.45) is 0 Å². The highest BCUT2D eigenvalue weighted by Crippen LogP contribution is 2.34. The zero-order valence-electron chi connectivity index (χ0n) is 19.8. The van der Waals surface area contributed by atoms with Gasteiger partial charge in [-0.1, -0.05) is 36.4 Å². The van der Waals surface area contributed by atoms with Gasteiger partial charge >= 0.3 is 18.3 Å². The van der Waals surface area contributed by atoms with Crippen LogP contribution in [0.3, 0.4) is 0 Å².